The van der Waals surface area contributed by atoms with Crippen molar-refractivity contribution >= 4 is 5.97 Å². The molecule has 4 rings (SSSR count). The summed E-state index contributed by atoms with van der Waals surface area (Å²) in [5, 5.41) is 0. The van der Waals surface area contributed by atoms with Gasteiger partial charge in [0.05, 0.1) is 5.92 Å². The second-order valence-corrected chi connectivity index (χ2v) is 10.8. The minimum Gasteiger partial charge on any atom is -0.426 e. The van der Waals surface area contributed by atoms with Gasteiger partial charge in [-0.1, -0.05) is 50.8 Å². The highest BCUT2D eigenvalue weighted by atomic mass is 19.1. The van der Waals surface area contributed by atoms with Crippen LogP contribution in [-0.2, 0) is 11.2 Å². The Hall–Kier alpha value is -1.64. The molecule has 32 heavy (non-hydrogen) atoms. The molecular formula is C29H41FO2. The Morgan fingerprint density at radius 1 is 1.03 bits per heavy atom. The van der Waals surface area contributed by atoms with E-state index in [4.69, 9.17) is 4.74 Å². The van der Waals surface area contributed by atoms with Crippen molar-refractivity contribution in [1.29, 1.82) is 0 Å². The number of allylic oxidation sites excluding steroid dienone is 2. The molecule has 0 bridgehead atoms. The molecule has 0 aromatic heterocycles. The van der Waals surface area contributed by atoms with E-state index < -0.39 is 0 Å². The van der Waals surface area contributed by atoms with Crippen LogP contribution >= 0.6 is 0 Å². The number of rotatable bonds is 6. The van der Waals surface area contributed by atoms with Crippen LogP contribution in [0.3, 0.4) is 0 Å². The molecule has 3 aliphatic carbocycles. The zero-order valence-electron chi connectivity index (χ0n) is 20.0. The Labute approximate surface area is 194 Å². The van der Waals surface area contributed by atoms with Crippen molar-refractivity contribution in [1.82, 2.24) is 0 Å². The maximum atomic E-state index is 14.5. The second-order valence-electron chi connectivity index (χ2n) is 10.8. The van der Waals surface area contributed by atoms with Crippen LogP contribution in [0, 0.1) is 41.3 Å². The van der Waals surface area contributed by atoms with Gasteiger partial charge in [0, 0.05) is 6.07 Å². The average molecular weight is 441 g/mol. The SMILES string of the molecule is C/C=C/CCc1ccc(OC(=O)C2CCCC3CC(C4CCC(C)CC4)CCC32)cc1F. The summed E-state index contributed by atoms with van der Waals surface area (Å²) in [5.74, 6) is 3.74. The van der Waals surface area contributed by atoms with Crippen molar-refractivity contribution in [2.45, 2.75) is 90.9 Å². The number of benzene rings is 1. The maximum Gasteiger partial charge on any atom is 0.314 e. The zero-order chi connectivity index (χ0) is 22.5. The Bertz CT molecular complexity index is 792. The molecule has 1 aromatic carbocycles. The topological polar surface area (TPSA) is 26.3 Å². The lowest BCUT2D eigenvalue weighted by atomic mass is 9.59. The first-order valence-electron chi connectivity index (χ1n) is 13.2. The highest BCUT2D eigenvalue weighted by Gasteiger charge is 2.43. The van der Waals surface area contributed by atoms with Gasteiger partial charge < -0.3 is 4.74 Å². The van der Waals surface area contributed by atoms with Gasteiger partial charge in [0.2, 0.25) is 0 Å². The summed E-state index contributed by atoms with van der Waals surface area (Å²) in [6.45, 7) is 4.37. The van der Waals surface area contributed by atoms with Crippen molar-refractivity contribution < 1.29 is 13.9 Å². The minimum atomic E-state index is -0.274. The molecule has 3 heteroatoms. The van der Waals surface area contributed by atoms with E-state index in [2.05, 4.69) is 6.92 Å². The molecule has 2 nitrogen and oxygen atoms in total. The number of ether oxygens (including phenoxy) is 1. The number of hydrogen-bond donors (Lipinski definition) is 0. The molecule has 0 amide bonds. The molecule has 3 saturated carbocycles. The van der Waals surface area contributed by atoms with Gasteiger partial charge in [-0.15, -0.1) is 0 Å². The normalized spacial score (nSPS) is 33.1. The molecular weight excluding hydrogens is 399 g/mol. The smallest absolute Gasteiger partial charge is 0.314 e. The Morgan fingerprint density at radius 3 is 2.56 bits per heavy atom. The summed E-state index contributed by atoms with van der Waals surface area (Å²) < 4.78 is 20.2. The van der Waals surface area contributed by atoms with Crippen LogP contribution in [-0.4, -0.2) is 5.97 Å². The van der Waals surface area contributed by atoms with Crippen molar-refractivity contribution in [3.8, 4) is 5.75 Å². The lowest BCUT2D eigenvalue weighted by Gasteiger charge is -2.45. The predicted molar refractivity (Wildman–Crippen MR) is 128 cm³/mol. The third kappa shape index (κ3) is 5.64. The highest BCUT2D eigenvalue weighted by Crippen LogP contribution is 2.50. The number of carbonyl (C=O) groups excluding carboxylic acids is 1. The number of esters is 1. The van der Waals surface area contributed by atoms with Gasteiger partial charge in [0.15, 0.2) is 0 Å². The third-order valence-corrected chi connectivity index (χ3v) is 8.78. The Kier molecular flexibility index (Phi) is 8.07. The van der Waals surface area contributed by atoms with Crippen LogP contribution < -0.4 is 4.74 Å². The average Bonchev–Trinajstić information content (AvgIpc) is 2.80. The monoisotopic (exact) mass is 440 g/mol. The van der Waals surface area contributed by atoms with Crippen molar-refractivity contribution in [2.24, 2.45) is 35.5 Å². The van der Waals surface area contributed by atoms with E-state index in [9.17, 15) is 9.18 Å². The van der Waals surface area contributed by atoms with Crippen molar-refractivity contribution in [3.63, 3.8) is 0 Å². The van der Waals surface area contributed by atoms with Gasteiger partial charge in [-0.25, -0.2) is 4.39 Å². The second kappa shape index (κ2) is 11.0. The molecule has 176 valence electrons. The molecule has 3 fully saturated rings. The van der Waals surface area contributed by atoms with Gasteiger partial charge in [-0.05, 0) is 99.5 Å². The fourth-order valence-corrected chi connectivity index (χ4v) is 6.87. The van der Waals surface area contributed by atoms with Crippen molar-refractivity contribution in [2.75, 3.05) is 0 Å². The number of aryl methyl sites for hydroxylation is 1. The van der Waals surface area contributed by atoms with Gasteiger partial charge >= 0.3 is 5.97 Å². The molecule has 1 aromatic rings. The highest BCUT2D eigenvalue weighted by molar-refractivity contribution is 5.75. The molecule has 0 spiro atoms. The van der Waals surface area contributed by atoms with Crippen LogP contribution in [0.2, 0.25) is 0 Å². The summed E-state index contributed by atoms with van der Waals surface area (Å²) in [7, 11) is 0. The van der Waals surface area contributed by atoms with Crippen LogP contribution in [0.25, 0.3) is 0 Å². The van der Waals surface area contributed by atoms with E-state index in [0.29, 0.717) is 29.6 Å². The van der Waals surface area contributed by atoms with Crippen LogP contribution in [0.4, 0.5) is 4.39 Å². The van der Waals surface area contributed by atoms with E-state index in [1.807, 2.05) is 19.1 Å². The van der Waals surface area contributed by atoms with Gasteiger partial charge in [0.1, 0.15) is 11.6 Å². The van der Waals surface area contributed by atoms with Crippen LogP contribution in [0.1, 0.15) is 90.0 Å². The summed E-state index contributed by atoms with van der Waals surface area (Å²) in [6.07, 6.45) is 18.2. The third-order valence-electron chi connectivity index (χ3n) is 8.78. The predicted octanol–water partition coefficient (Wildman–Crippen LogP) is 7.90. The first-order chi connectivity index (χ1) is 15.5. The first kappa shape index (κ1) is 23.5. The fourth-order valence-electron chi connectivity index (χ4n) is 6.87. The number of hydrogen-bond acceptors (Lipinski definition) is 2. The maximum absolute atomic E-state index is 14.5. The van der Waals surface area contributed by atoms with E-state index in [1.54, 1.807) is 12.1 Å². The van der Waals surface area contributed by atoms with Crippen LogP contribution in [0.5, 0.6) is 5.75 Å². The van der Waals surface area contributed by atoms with Crippen LogP contribution in [0.15, 0.2) is 30.4 Å². The molecule has 0 N–H and O–H groups in total. The van der Waals surface area contributed by atoms with Gasteiger partial charge in [-0.3, -0.25) is 4.79 Å². The summed E-state index contributed by atoms with van der Waals surface area (Å²) in [5.41, 5.74) is 0.677. The van der Waals surface area contributed by atoms with E-state index in [0.717, 1.165) is 37.0 Å². The molecule has 0 aliphatic heterocycles. The first-order valence-corrected chi connectivity index (χ1v) is 13.2. The van der Waals surface area contributed by atoms with Crippen molar-refractivity contribution in [3.05, 3.63) is 41.7 Å². The zero-order valence-corrected chi connectivity index (χ0v) is 20.0. The Balaban J connectivity index is 1.34. The number of fused-ring (bicyclic) bond motifs is 1. The molecule has 3 aliphatic rings. The Morgan fingerprint density at radius 2 is 1.81 bits per heavy atom. The lowest BCUT2D eigenvalue weighted by Crippen LogP contribution is -2.40. The summed E-state index contributed by atoms with van der Waals surface area (Å²) >= 11 is 0. The molecule has 0 heterocycles. The quantitative estimate of drug-likeness (QED) is 0.255. The summed E-state index contributed by atoms with van der Waals surface area (Å²) in [6, 6.07) is 4.92. The molecule has 0 saturated heterocycles. The molecule has 4 unspecified atom stereocenters. The number of halogens is 1. The lowest BCUT2D eigenvalue weighted by molar-refractivity contribution is -0.144. The fraction of sp³-hybridized carbons (Fsp3) is 0.690. The minimum absolute atomic E-state index is 0.0153. The van der Waals surface area contributed by atoms with Gasteiger partial charge in [0.25, 0.3) is 0 Å². The van der Waals surface area contributed by atoms with Gasteiger partial charge in [-0.2, -0.15) is 0 Å². The largest absolute Gasteiger partial charge is 0.426 e. The van der Waals surface area contributed by atoms with E-state index in [1.165, 1.54) is 57.4 Å². The standard InChI is InChI=1S/C29H41FO2/c1-3-4-5-7-22-14-16-25(19-28(22)30)32-29(31)27-9-6-8-24-18-23(15-17-26(24)27)21-12-10-20(2)11-13-21/h3-4,14,16,19-21,23-24,26-27H,5-13,15,17-18H2,1-2H3/b4-3+. The number of carbonyl (C=O) groups is 1. The molecule has 0 radical (unpaired) electrons. The molecule has 4 atom stereocenters. The van der Waals surface area contributed by atoms with E-state index in [-0.39, 0.29) is 17.7 Å². The van der Waals surface area contributed by atoms with E-state index >= 15 is 0 Å². The summed E-state index contributed by atoms with van der Waals surface area (Å²) in [4.78, 5) is 13.1.